The van der Waals surface area contributed by atoms with Gasteiger partial charge in [-0.25, -0.2) is 0 Å². The number of aliphatic hydroxyl groups is 1. The van der Waals surface area contributed by atoms with Crippen LogP contribution in [0, 0.1) is 6.92 Å². The van der Waals surface area contributed by atoms with Gasteiger partial charge in [-0.2, -0.15) is 0 Å². The third kappa shape index (κ3) is 2.32. The Balaban J connectivity index is 3.24. The summed E-state index contributed by atoms with van der Waals surface area (Å²) < 4.78 is 5.18. The van der Waals surface area contributed by atoms with Crippen LogP contribution in [0.4, 0.5) is 0 Å². The first kappa shape index (κ1) is 11.6. The van der Waals surface area contributed by atoms with Gasteiger partial charge in [-0.3, -0.25) is 0 Å². The van der Waals surface area contributed by atoms with E-state index >= 15 is 0 Å². The quantitative estimate of drug-likeness (QED) is 0.816. The molecule has 0 bridgehead atoms. The zero-order valence-corrected chi connectivity index (χ0v) is 9.56. The lowest BCUT2D eigenvalue weighted by Crippen LogP contribution is -2.03. The van der Waals surface area contributed by atoms with Gasteiger partial charge in [0.25, 0.3) is 0 Å². The molecule has 0 aliphatic rings. The zero-order chi connectivity index (χ0) is 10.7. The van der Waals surface area contributed by atoms with Crippen LogP contribution in [0.5, 0.6) is 5.75 Å². The Labute approximate surface area is 93.4 Å². The van der Waals surface area contributed by atoms with E-state index in [-0.39, 0.29) is 5.88 Å². The lowest BCUT2D eigenvalue weighted by atomic mass is 10.1. The summed E-state index contributed by atoms with van der Waals surface area (Å²) in [6.45, 7) is 1.87. The fourth-order valence-electron chi connectivity index (χ4n) is 1.37. The lowest BCUT2D eigenvalue weighted by molar-refractivity contribution is 0.197. The number of ether oxygens (including phenoxy) is 1. The maximum atomic E-state index is 9.62. The monoisotopic (exact) mass is 234 g/mol. The fraction of sp³-hybridized carbons (Fsp3) is 0.400. The molecule has 0 saturated heterocycles. The highest BCUT2D eigenvalue weighted by atomic mass is 35.5. The van der Waals surface area contributed by atoms with E-state index in [1.165, 1.54) is 0 Å². The van der Waals surface area contributed by atoms with Crippen molar-refractivity contribution in [2.75, 3.05) is 13.0 Å². The Morgan fingerprint density at radius 2 is 2.14 bits per heavy atom. The molecule has 0 heterocycles. The first-order valence-corrected chi connectivity index (χ1v) is 5.09. The number of alkyl halides is 1. The van der Waals surface area contributed by atoms with Crippen molar-refractivity contribution in [3.05, 3.63) is 28.3 Å². The van der Waals surface area contributed by atoms with Gasteiger partial charge >= 0.3 is 0 Å². The van der Waals surface area contributed by atoms with Gasteiger partial charge in [0.15, 0.2) is 0 Å². The Bertz CT molecular complexity index is 326. The second kappa shape index (κ2) is 4.87. The van der Waals surface area contributed by atoms with Crippen LogP contribution >= 0.6 is 23.2 Å². The van der Waals surface area contributed by atoms with Crippen LogP contribution in [-0.2, 0) is 0 Å². The molecule has 0 aromatic heterocycles. The molecule has 0 fully saturated rings. The molecule has 0 amide bonds. The van der Waals surface area contributed by atoms with Gasteiger partial charge in [-0.1, -0.05) is 11.6 Å². The number of benzene rings is 1. The van der Waals surface area contributed by atoms with Crippen LogP contribution < -0.4 is 4.74 Å². The summed E-state index contributed by atoms with van der Waals surface area (Å²) in [6.07, 6.45) is -0.746. The van der Waals surface area contributed by atoms with E-state index in [4.69, 9.17) is 27.9 Å². The molecular weight excluding hydrogens is 223 g/mol. The predicted molar refractivity (Wildman–Crippen MR) is 58.4 cm³/mol. The molecule has 0 saturated carbocycles. The second-order valence-electron chi connectivity index (χ2n) is 3.02. The molecule has 0 radical (unpaired) electrons. The van der Waals surface area contributed by atoms with Gasteiger partial charge in [0.1, 0.15) is 5.75 Å². The van der Waals surface area contributed by atoms with Gasteiger partial charge in [0.2, 0.25) is 0 Å². The van der Waals surface area contributed by atoms with E-state index < -0.39 is 6.10 Å². The molecule has 0 aliphatic carbocycles. The highest BCUT2D eigenvalue weighted by molar-refractivity contribution is 6.30. The summed E-state index contributed by atoms with van der Waals surface area (Å²) in [5.41, 5.74) is 1.52. The van der Waals surface area contributed by atoms with E-state index in [2.05, 4.69) is 0 Å². The first-order chi connectivity index (χ1) is 6.60. The van der Waals surface area contributed by atoms with Crippen molar-refractivity contribution in [3.63, 3.8) is 0 Å². The maximum absolute atomic E-state index is 9.62. The minimum atomic E-state index is -0.746. The number of hydrogen-bond donors (Lipinski definition) is 1. The van der Waals surface area contributed by atoms with Crippen molar-refractivity contribution in [2.45, 2.75) is 13.0 Å². The minimum absolute atomic E-state index is 0.121. The summed E-state index contributed by atoms with van der Waals surface area (Å²) in [6, 6.07) is 3.45. The van der Waals surface area contributed by atoms with Crippen LogP contribution in [0.25, 0.3) is 0 Å². The smallest absolute Gasteiger partial charge is 0.127 e. The molecule has 1 aromatic carbocycles. The van der Waals surface area contributed by atoms with E-state index in [9.17, 15) is 5.11 Å². The molecule has 0 aliphatic heterocycles. The molecule has 1 unspecified atom stereocenters. The van der Waals surface area contributed by atoms with Gasteiger partial charge in [-0.05, 0) is 24.6 Å². The molecule has 14 heavy (non-hydrogen) atoms. The third-order valence-corrected chi connectivity index (χ3v) is 2.49. The molecule has 4 heteroatoms. The first-order valence-electron chi connectivity index (χ1n) is 4.18. The number of methoxy groups -OCH3 is 1. The molecule has 1 atom stereocenters. The highest BCUT2D eigenvalue weighted by Gasteiger charge is 2.15. The molecular formula is C10H12Cl2O2. The van der Waals surface area contributed by atoms with Crippen molar-refractivity contribution in [3.8, 4) is 5.75 Å². The molecule has 1 rings (SSSR count). The van der Waals surface area contributed by atoms with Crippen LogP contribution in [0.3, 0.4) is 0 Å². The zero-order valence-electron chi connectivity index (χ0n) is 8.05. The molecule has 2 nitrogen and oxygen atoms in total. The fourth-order valence-corrected chi connectivity index (χ4v) is 1.81. The van der Waals surface area contributed by atoms with Crippen molar-refractivity contribution < 1.29 is 9.84 Å². The van der Waals surface area contributed by atoms with Crippen LogP contribution in [0.15, 0.2) is 12.1 Å². The van der Waals surface area contributed by atoms with Crippen molar-refractivity contribution in [1.29, 1.82) is 0 Å². The Morgan fingerprint density at radius 1 is 1.50 bits per heavy atom. The normalized spacial score (nSPS) is 12.6. The predicted octanol–water partition coefficient (Wildman–Crippen LogP) is 2.93. The van der Waals surface area contributed by atoms with Gasteiger partial charge in [-0.15, -0.1) is 11.6 Å². The van der Waals surface area contributed by atoms with Gasteiger partial charge < -0.3 is 9.84 Å². The lowest BCUT2D eigenvalue weighted by Gasteiger charge is -2.15. The number of halogens is 2. The SMILES string of the molecule is COc1c(C)cc(Cl)cc1C(O)CCl. The van der Waals surface area contributed by atoms with Crippen LogP contribution in [-0.4, -0.2) is 18.1 Å². The van der Waals surface area contributed by atoms with E-state index in [1.807, 2.05) is 6.92 Å². The Kier molecular flexibility index (Phi) is 4.05. The second-order valence-corrected chi connectivity index (χ2v) is 3.76. The molecule has 0 spiro atoms. The average Bonchev–Trinajstić information content (AvgIpc) is 2.15. The van der Waals surface area contributed by atoms with Crippen molar-refractivity contribution >= 4 is 23.2 Å². The minimum Gasteiger partial charge on any atom is -0.496 e. The molecule has 1 N–H and O–H groups in total. The largest absolute Gasteiger partial charge is 0.496 e. The Morgan fingerprint density at radius 3 is 2.64 bits per heavy atom. The standard InChI is InChI=1S/C10H12Cl2O2/c1-6-3-7(12)4-8(9(13)5-11)10(6)14-2/h3-4,9,13H,5H2,1-2H3. The summed E-state index contributed by atoms with van der Waals surface area (Å²) >= 11 is 11.4. The van der Waals surface area contributed by atoms with Crippen molar-refractivity contribution in [2.24, 2.45) is 0 Å². The van der Waals surface area contributed by atoms with Crippen LogP contribution in [0.2, 0.25) is 5.02 Å². The van der Waals surface area contributed by atoms with E-state index in [0.29, 0.717) is 16.3 Å². The van der Waals surface area contributed by atoms with Gasteiger partial charge in [0, 0.05) is 10.6 Å². The number of aliphatic hydroxyl groups excluding tert-OH is 1. The molecule has 1 aromatic rings. The number of hydrogen-bond acceptors (Lipinski definition) is 2. The molecule has 78 valence electrons. The van der Waals surface area contributed by atoms with Gasteiger partial charge in [0.05, 0.1) is 19.1 Å². The summed E-state index contributed by atoms with van der Waals surface area (Å²) in [5.74, 6) is 0.762. The maximum Gasteiger partial charge on any atom is 0.127 e. The van der Waals surface area contributed by atoms with Crippen molar-refractivity contribution in [1.82, 2.24) is 0 Å². The van der Waals surface area contributed by atoms with Crippen LogP contribution in [0.1, 0.15) is 17.2 Å². The Hall–Kier alpha value is -0.440. The summed E-state index contributed by atoms with van der Waals surface area (Å²) in [7, 11) is 1.56. The van der Waals surface area contributed by atoms with E-state index in [0.717, 1.165) is 5.56 Å². The number of aryl methyl sites for hydroxylation is 1. The highest BCUT2D eigenvalue weighted by Crippen LogP contribution is 2.32. The summed E-state index contributed by atoms with van der Waals surface area (Å²) in [4.78, 5) is 0. The number of rotatable bonds is 3. The topological polar surface area (TPSA) is 29.5 Å². The third-order valence-electron chi connectivity index (χ3n) is 1.98. The van der Waals surface area contributed by atoms with E-state index in [1.54, 1.807) is 19.2 Å². The summed E-state index contributed by atoms with van der Waals surface area (Å²) in [5, 5.41) is 10.2. The average molecular weight is 235 g/mol.